The van der Waals surface area contributed by atoms with E-state index in [4.69, 9.17) is 4.74 Å². The number of nitrogens with one attached hydrogen (secondary N) is 1. The van der Waals surface area contributed by atoms with Crippen molar-refractivity contribution < 1.29 is 14.3 Å². The fourth-order valence-corrected chi connectivity index (χ4v) is 2.88. The minimum Gasteiger partial charge on any atom is -0.490 e. The summed E-state index contributed by atoms with van der Waals surface area (Å²) in [7, 11) is 1.66. The molecule has 0 unspecified atom stereocenters. The molecule has 1 N–H and O–H groups in total. The Balaban J connectivity index is 2.36. The Morgan fingerprint density at radius 1 is 1.12 bits per heavy atom. The van der Waals surface area contributed by atoms with Crippen LogP contribution in [0.2, 0.25) is 0 Å². The second-order valence-electron chi connectivity index (χ2n) is 7.32. The number of carbonyl (C=O) groups excluding carboxylic acids is 2. The lowest BCUT2D eigenvalue weighted by molar-refractivity contribution is -0.125. The predicted octanol–water partition coefficient (Wildman–Crippen LogP) is 3.41. The van der Waals surface area contributed by atoms with Gasteiger partial charge in [0.15, 0.2) is 0 Å². The van der Waals surface area contributed by atoms with Crippen molar-refractivity contribution in [2.45, 2.75) is 58.7 Å². The second kappa shape index (κ2) is 8.88. The van der Waals surface area contributed by atoms with Gasteiger partial charge in [-0.3, -0.25) is 9.59 Å². The lowest BCUT2D eigenvalue weighted by Crippen LogP contribution is -2.50. The van der Waals surface area contributed by atoms with Crippen LogP contribution in [0.4, 0.5) is 0 Å². The van der Waals surface area contributed by atoms with E-state index < -0.39 is 6.04 Å². The normalized spacial score (nSPS) is 26.5. The first-order valence-electron chi connectivity index (χ1n) is 9.29. The number of benzene rings is 1. The Labute approximate surface area is 156 Å². The van der Waals surface area contributed by atoms with Crippen molar-refractivity contribution in [1.29, 1.82) is 0 Å². The molecule has 3 atom stereocenters. The monoisotopic (exact) mass is 358 g/mol. The third-order valence-corrected chi connectivity index (χ3v) is 4.88. The predicted molar refractivity (Wildman–Crippen MR) is 103 cm³/mol. The number of nitrogens with zero attached hydrogens (tertiary/aromatic N) is 1. The van der Waals surface area contributed by atoms with Crippen LogP contribution in [0.5, 0.6) is 5.75 Å². The second-order valence-corrected chi connectivity index (χ2v) is 7.32. The Bertz CT molecular complexity index is 669. The molecule has 0 radical (unpaired) electrons. The van der Waals surface area contributed by atoms with Crippen molar-refractivity contribution in [2.24, 2.45) is 5.92 Å². The molecule has 5 nitrogen and oxygen atoms in total. The van der Waals surface area contributed by atoms with Gasteiger partial charge in [-0.2, -0.15) is 0 Å². The average Bonchev–Trinajstić information content (AvgIpc) is 2.61. The molecular formula is C21H30N2O3. The highest BCUT2D eigenvalue weighted by Gasteiger charge is 2.27. The molecule has 1 aromatic rings. The molecule has 2 amide bonds. The van der Waals surface area contributed by atoms with Crippen molar-refractivity contribution in [3.8, 4) is 5.75 Å². The number of carbonyl (C=O) groups is 2. The Morgan fingerprint density at radius 3 is 2.46 bits per heavy atom. The summed E-state index contributed by atoms with van der Waals surface area (Å²) in [5.41, 5.74) is 0.475. The molecule has 5 heteroatoms. The summed E-state index contributed by atoms with van der Waals surface area (Å²) in [5.74, 6) is 0.495. The van der Waals surface area contributed by atoms with Gasteiger partial charge in [-0.05, 0) is 38.3 Å². The number of fused-ring (bicyclic) bond motifs is 1. The molecule has 0 spiro atoms. The van der Waals surface area contributed by atoms with Crippen molar-refractivity contribution in [3.63, 3.8) is 0 Å². The van der Waals surface area contributed by atoms with Crippen LogP contribution in [0.15, 0.2) is 36.4 Å². The fourth-order valence-electron chi connectivity index (χ4n) is 2.88. The molecule has 0 aromatic heterocycles. The number of hydrogen-bond donors (Lipinski definition) is 1. The smallest absolute Gasteiger partial charge is 0.258 e. The lowest BCUT2D eigenvalue weighted by Gasteiger charge is -2.29. The molecular weight excluding hydrogens is 328 g/mol. The van der Waals surface area contributed by atoms with Crippen LogP contribution in [0, 0.1) is 5.92 Å². The summed E-state index contributed by atoms with van der Waals surface area (Å²) in [6, 6.07) is 6.66. The zero-order chi connectivity index (χ0) is 19.3. The van der Waals surface area contributed by atoms with E-state index in [1.54, 1.807) is 32.2 Å². The Kier molecular flexibility index (Phi) is 6.83. The average molecular weight is 358 g/mol. The zero-order valence-corrected chi connectivity index (χ0v) is 16.4. The molecule has 1 aliphatic rings. The van der Waals surface area contributed by atoms with Gasteiger partial charge in [0.05, 0.1) is 11.7 Å². The van der Waals surface area contributed by atoms with Gasteiger partial charge in [0.2, 0.25) is 5.91 Å². The Morgan fingerprint density at radius 2 is 1.77 bits per heavy atom. The number of amides is 2. The minimum absolute atomic E-state index is 0.0381. The maximum atomic E-state index is 12.9. The van der Waals surface area contributed by atoms with Crippen LogP contribution >= 0.6 is 0 Å². The van der Waals surface area contributed by atoms with Crippen LogP contribution in [-0.2, 0) is 4.79 Å². The van der Waals surface area contributed by atoms with Crippen molar-refractivity contribution >= 4 is 11.8 Å². The van der Waals surface area contributed by atoms with Crippen molar-refractivity contribution in [2.75, 3.05) is 7.05 Å². The van der Waals surface area contributed by atoms with Crippen molar-refractivity contribution in [3.05, 3.63) is 42.0 Å². The number of rotatable bonds is 1. The Hall–Kier alpha value is -2.30. The van der Waals surface area contributed by atoms with E-state index in [9.17, 15) is 9.59 Å². The SMILES string of the molecule is CC(C)[C@H]1C/C=C/C[C@H](C)Oc2ccccc2C(=O)N(C)[C@H](C)C(=O)N1. The van der Waals surface area contributed by atoms with E-state index in [2.05, 4.69) is 31.3 Å². The molecule has 2 rings (SSSR count). The van der Waals surface area contributed by atoms with Crippen LogP contribution in [0.25, 0.3) is 0 Å². The van der Waals surface area contributed by atoms with Gasteiger partial charge >= 0.3 is 0 Å². The molecule has 1 aromatic carbocycles. The summed E-state index contributed by atoms with van der Waals surface area (Å²) in [4.78, 5) is 27.1. The van der Waals surface area contributed by atoms with E-state index in [1.165, 1.54) is 4.90 Å². The van der Waals surface area contributed by atoms with E-state index in [1.807, 2.05) is 13.0 Å². The summed E-state index contributed by atoms with van der Waals surface area (Å²) in [6.45, 7) is 7.91. The number of ether oxygens (including phenoxy) is 1. The van der Waals surface area contributed by atoms with Crippen LogP contribution < -0.4 is 10.1 Å². The summed E-state index contributed by atoms with van der Waals surface area (Å²) < 4.78 is 6.00. The molecule has 0 saturated heterocycles. The first-order valence-corrected chi connectivity index (χ1v) is 9.29. The van der Waals surface area contributed by atoms with Gasteiger partial charge in [-0.15, -0.1) is 0 Å². The van der Waals surface area contributed by atoms with Crippen LogP contribution in [0.3, 0.4) is 0 Å². The quantitative estimate of drug-likeness (QED) is 0.783. The van der Waals surface area contributed by atoms with Crippen molar-refractivity contribution in [1.82, 2.24) is 10.2 Å². The molecule has 0 bridgehead atoms. The van der Waals surface area contributed by atoms with Gasteiger partial charge in [-0.1, -0.05) is 38.1 Å². The van der Waals surface area contributed by atoms with E-state index >= 15 is 0 Å². The maximum absolute atomic E-state index is 12.9. The van der Waals surface area contributed by atoms with Crippen LogP contribution in [0.1, 0.15) is 50.9 Å². The lowest BCUT2D eigenvalue weighted by atomic mass is 9.99. The maximum Gasteiger partial charge on any atom is 0.258 e. The summed E-state index contributed by atoms with van der Waals surface area (Å²) >= 11 is 0. The molecule has 0 aliphatic carbocycles. The molecule has 0 fully saturated rings. The molecule has 1 heterocycles. The van der Waals surface area contributed by atoms with Gasteiger partial charge in [-0.25, -0.2) is 0 Å². The van der Waals surface area contributed by atoms with Gasteiger partial charge in [0, 0.05) is 19.5 Å². The van der Waals surface area contributed by atoms with Gasteiger partial charge in [0.1, 0.15) is 11.8 Å². The molecule has 142 valence electrons. The van der Waals surface area contributed by atoms with E-state index in [0.717, 1.165) is 12.8 Å². The first-order chi connectivity index (χ1) is 12.3. The van der Waals surface area contributed by atoms with E-state index in [-0.39, 0.29) is 24.0 Å². The summed E-state index contributed by atoms with van der Waals surface area (Å²) in [6.07, 6.45) is 5.64. The summed E-state index contributed by atoms with van der Waals surface area (Å²) in [5, 5.41) is 3.09. The molecule has 26 heavy (non-hydrogen) atoms. The highest BCUT2D eigenvalue weighted by Crippen LogP contribution is 2.23. The van der Waals surface area contributed by atoms with Gasteiger partial charge in [0.25, 0.3) is 5.91 Å². The van der Waals surface area contributed by atoms with Gasteiger partial charge < -0.3 is 15.0 Å². The third kappa shape index (κ3) is 4.87. The third-order valence-electron chi connectivity index (χ3n) is 4.88. The zero-order valence-electron chi connectivity index (χ0n) is 16.4. The van der Waals surface area contributed by atoms with Crippen LogP contribution in [-0.4, -0.2) is 41.9 Å². The van der Waals surface area contributed by atoms with E-state index in [0.29, 0.717) is 17.2 Å². The highest BCUT2D eigenvalue weighted by atomic mass is 16.5. The number of para-hydroxylation sites is 1. The topological polar surface area (TPSA) is 58.6 Å². The number of likely N-dealkylation sites (N-methyl/N-ethyl adjacent to an activating group) is 1. The largest absolute Gasteiger partial charge is 0.490 e. The standard InChI is InChI=1S/C21H30N2O3/c1-14(2)18-12-8-6-10-15(3)26-19-13-9-7-11-17(19)21(25)23(5)16(4)20(24)22-18/h6-9,11,13-16,18H,10,12H2,1-5H3,(H,22,24)/b8-6+/t15-,16+,18+/m0/s1. The molecule has 0 saturated carbocycles. The first kappa shape index (κ1) is 20.0. The fraction of sp³-hybridized carbons (Fsp3) is 0.524. The highest BCUT2D eigenvalue weighted by molar-refractivity contribution is 5.99. The minimum atomic E-state index is -0.568. The molecule has 1 aliphatic heterocycles. The number of hydrogen-bond acceptors (Lipinski definition) is 3.